The number of rotatable bonds is 5. The molecule has 1 aliphatic rings. The van der Waals surface area contributed by atoms with Crippen LogP contribution in [0.2, 0.25) is 0 Å². The lowest BCUT2D eigenvalue weighted by molar-refractivity contribution is 0.0596. The third-order valence-corrected chi connectivity index (χ3v) is 4.17. The SMILES string of the molecule is CC(CN1CCCC(CO)C1)C(O)c1ccccc1F. The predicted molar refractivity (Wildman–Crippen MR) is 76.8 cm³/mol. The van der Waals surface area contributed by atoms with Crippen LogP contribution >= 0.6 is 0 Å². The van der Waals surface area contributed by atoms with Crippen molar-refractivity contribution in [1.29, 1.82) is 0 Å². The molecule has 2 N–H and O–H groups in total. The lowest BCUT2D eigenvalue weighted by Crippen LogP contribution is -2.40. The molecule has 0 spiro atoms. The van der Waals surface area contributed by atoms with E-state index in [9.17, 15) is 14.6 Å². The highest BCUT2D eigenvalue weighted by molar-refractivity contribution is 5.20. The number of aliphatic hydroxyl groups excluding tert-OH is 2. The zero-order valence-corrected chi connectivity index (χ0v) is 12.0. The van der Waals surface area contributed by atoms with E-state index in [1.807, 2.05) is 6.92 Å². The van der Waals surface area contributed by atoms with Gasteiger partial charge in [0.25, 0.3) is 0 Å². The van der Waals surface area contributed by atoms with Gasteiger partial charge in [0.1, 0.15) is 5.82 Å². The number of halogens is 1. The van der Waals surface area contributed by atoms with Crippen molar-refractivity contribution in [2.75, 3.05) is 26.2 Å². The van der Waals surface area contributed by atoms with E-state index in [1.54, 1.807) is 18.2 Å². The quantitative estimate of drug-likeness (QED) is 0.869. The molecule has 0 aliphatic carbocycles. The molecule has 4 heteroatoms. The van der Waals surface area contributed by atoms with Crippen molar-refractivity contribution in [3.63, 3.8) is 0 Å². The second kappa shape index (κ2) is 7.16. The zero-order chi connectivity index (χ0) is 14.5. The third-order valence-electron chi connectivity index (χ3n) is 4.17. The van der Waals surface area contributed by atoms with Crippen molar-refractivity contribution < 1.29 is 14.6 Å². The largest absolute Gasteiger partial charge is 0.396 e. The Balaban J connectivity index is 1.94. The second-order valence-electron chi connectivity index (χ2n) is 5.89. The molecule has 3 atom stereocenters. The van der Waals surface area contributed by atoms with Crippen LogP contribution in [0, 0.1) is 17.7 Å². The van der Waals surface area contributed by atoms with Crippen LogP contribution in [0.15, 0.2) is 24.3 Å². The van der Waals surface area contributed by atoms with E-state index >= 15 is 0 Å². The summed E-state index contributed by atoms with van der Waals surface area (Å²) in [6.07, 6.45) is 1.36. The van der Waals surface area contributed by atoms with Gasteiger partial charge in [-0.3, -0.25) is 0 Å². The van der Waals surface area contributed by atoms with Gasteiger partial charge < -0.3 is 15.1 Å². The molecule has 0 bridgehead atoms. The van der Waals surface area contributed by atoms with Crippen molar-refractivity contribution in [3.05, 3.63) is 35.6 Å². The molecule has 112 valence electrons. The maximum Gasteiger partial charge on any atom is 0.129 e. The zero-order valence-electron chi connectivity index (χ0n) is 12.0. The second-order valence-corrected chi connectivity index (χ2v) is 5.89. The number of hydrogen-bond acceptors (Lipinski definition) is 3. The topological polar surface area (TPSA) is 43.7 Å². The first kappa shape index (κ1) is 15.4. The van der Waals surface area contributed by atoms with Crippen molar-refractivity contribution in [2.45, 2.75) is 25.9 Å². The molecule has 0 saturated carbocycles. The average Bonchev–Trinajstić information content (AvgIpc) is 2.47. The standard InChI is InChI=1S/C16H24FNO2/c1-12(9-18-8-4-5-13(10-18)11-19)16(20)14-6-2-3-7-15(14)17/h2-3,6-7,12-13,16,19-20H,4-5,8-11H2,1H3. The van der Waals surface area contributed by atoms with Crippen LogP contribution in [-0.2, 0) is 0 Å². The van der Waals surface area contributed by atoms with Crippen LogP contribution in [0.1, 0.15) is 31.4 Å². The van der Waals surface area contributed by atoms with Gasteiger partial charge in [-0.1, -0.05) is 25.1 Å². The maximum atomic E-state index is 13.7. The summed E-state index contributed by atoms with van der Waals surface area (Å²) in [5.74, 6) is -0.0513. The molecule has 1 aromatic carbocycles. The summed E-state index contributed by atoms with van der Waals surface area (Å²) >= 11 is 0. The van der Waals surface area contributed by atoms with Crippen LogP contribution in [-0.4, -0.2) is 41.4 Å². The van der Waals surface area contributed by atoms with Crippen LogP contribution in [0.5, 0.6) is 0 Å². The minimum absolute atomic E-state index is 0.0376. The molecular weight excluding hydrogens is 257 g/mol. The number of nitrogens with zero attached hydrogens (tertiary/aromatic N) is 1. The molecule has 1 aliphatic heterocycles. The first-order valence-electron chi connectivity index (χ1n) is 7.37. The van der Waals surface area contributed by atoms with Gasteiger partial charge in [-0.2, -0.15) is 0 Å². The van der Waals surface area contributed by atoms with E-state index in [0.717, 1.165) is 32.5 Å². The molecule has 20 heavy (non-hydrogen) atoms. The van der Waals surface area contributed by atoms with Crippen molar-refractivity contribution in [1.82, 2.24) is 4.90 Å². The Morgan fingerprint density at radius 3 is 2.85 bits per heavy atom. The molecule has 3 nitrogen and oxygen atoms in total. The fraction of sp³-hybridized carbons (Fsp3) is 0.625. The van der Waals surface area contributed by atoms with Crippen LogP contribution in [0.3, 0.4) is 0 Å². The Morgan fingerprint density at radius 2 is 2.15 bits per heavy atom. The number of benzene rings is 1. The summed E-state index contributed by atoms with van der Waals surface area (Å²) in [4.78, 5) is 2.26. The fourth-order valence-corrected chi connectivity index (χ4v) is 2.99. The Hall–Kier alpha value is -0.970. The molecule has 0 aromatic heterocycles. The molecule has 1 heterocycles. The van der Waals surface area contributed by atoms with Gasteiger partial charge in [-0.15, -0.1) is 0 Å². The number of hydrogen-bond donors (Lipinski definition) is 2. The Kier molecular flexibility index (Phi) is 5.52. The summed E-state index contributed by atoms with van der Waals surface area (Å²) in [6, 6.07) is 6.40. The first-order chi connectivity index (χ1) is 9.61. The highest BCUT2D eigenvalue weighted by Gasteiger charge is 2.25. The molecule has 0 radical (unpaired) electrons. The average molecular weight is 281 g/mol. The van der Waals surface area contributed by atoms with Crippen molar-refractivity contribution in [2.24, 2.45) is 11.8 Å². The number of aliphatic hydroxyl groups is 2. The minimum Gasteiger partial charge on any atom is -0.396 e. The number of likely N-dealkylation sites (tertiary alicyclic amines) is 1. The van der Waals surface area contributed by atoms with E-state index in [2.05, 4.69) is 4.90 Å². The molecule has 3 unspecified atom stereocenters. The lowest BCUT2D eigenvalue weighted by Gasteiger charge is -2.34. The molecule has 1 fully saturated rings. The minimum atomic E-state index is -0.786. The van der Waals surface area contributed by atoms with Crippen LogP contribution < -0.4 is 0 Å². The predicted octanol–water partition coefficient (Wildman–Crippen LogP) is 2.20. The molecular formula is C16H24FNO2. The van der Waals surface area contributed by atoms with Gasteiger partial charge in [0, 0.05) is 25.3 Å². The van der Waals surface area contributed by atoms with Crippen molar-refractivity contribution in [3.8, 4) is 0 Å². The summed E-state index contributed by atoms with van der Waals surface area (Å²) < 4.78 is 13.7. The highest BCUT2D eigenvalue weighted by atomic mass is 19.1. The molecule has 2 rings (SSSR count). The smallest absolute Gasteiger partial charge is 0.129 e. The van der Waals surface area contributed by atoms with Gasteiger partial charge in [0.15, 0.2) is 0 Å². The Bertz CT molecular complexity index is 427. The summed E-state index contributed by atoms with van der Waals surface area (Å²) in [5, 5.41) is 19.5. The van der Waals surface area contributed by atoms with E-state index in [0.29, 0.717) is 11.5 Å². The summed E-state index contributed by atoms with van der Waals surface area (Å²) in [6.45, 7) is 4.75. The summed E-state index contributed by atoms with van der Waals surface area (Å²) in [7, 11) is 0. The normalized spacial score (nSPS) is 23.5. The van der Waals surface area contributed by atoms with Crippen LogP contribution in [0.4, 0.5) is 4.39 Å². The van der Waals surface area contributed by atoms with Gasteiger partial charge in [-0.05, 0) is 37.3 Å². The molecule has 1 saturated heterocycles. The monoisotopic (exact) mass is 281 g/mol. The van der Waals surface area contributed by atoms with Gasteiger partial charge >= 0.3 is 0 Å². The van der Waals surface area contributed by atoms with Gasteiger partial charge in [0.2, 0.25) is 0 Å². The highest BCUT2D eigenvalue weighted by Crippen LogP contribution is 2.26. The van der Waals surface area contributed by atoms with E-state index in [4.69, 9.17) is 0 Å². The van der Waals surface area contributed by atoms with E-state index in [-0.39, 0.29) is 18.3 Å². The molecule has 1 aromatic rings. The van der Waals surface area contributed by atoms with E-state index in [1.165, 1.54) is 6.07 Å². The third kappa shape index (κ3) is 3.78. The lowest BCUT2D eigenvalue weighted by atomic mass is 9.94. The van der Waals surface area contributed by atoms with Crippen molar-refractivity contribution >= 4 is 0 Å². The fourth-order valence-electron chi connectivity index (χ4n) is 2.99. The Labute approximate surface area is 120 Å². The maximum absolute atomic E-state index is 13.7. The first-order valence-corrected chi connectivity index (χ1v) is 7.37. The van der Waals surface area contributed by atoms with Gasteiger partial charge in [-0.25, -0.2) is 4.39 Å². The Morgan fingerprint density at radius 1 is 1.40 bits per heavy atom. The van der Waals surface area contributed by atoms with Gasteiger partial charge in [0.05, 0.1) is 6.10 Å². The van der Waals surface area contributed by atoms with Crippen LogP contribution in [0.25, 0.3) is 0 Å². The number of piperidine rings is 1. The molecule has 0 amide bonds. The van der Waals surface area contributed by atoms with E-state index < -0.39 is 6.10 Å². The summed E-state index contributed by atoms with van der Waals surface area (Å²) in [5.41, 5.74) is 0.371.